The molecule has 0 aliphatic carbocycles. The van der Waals surface area contributed by atoms with Gasteiger partial charge in [-0.25, -0.2) is 8.42 Å². The van der Waals surface area contributed by atoms with Gasteiger partial charge in [0.05, 0.1) is 17.2 Å². The average molecular weight is 600 g/mol. The molecule has 0 radical (unpaired) electrons. The van der Waals surface area contributed by atoms with Gasteiger partial charge in [-0.3, -0.25) is 13.9 Å². The van der Waals surface area contributed by atoms with Crippen molar-refractivity contribution in [2.75, 3.05) is 17.5 Å². The minimum atomic E-state index is -4.15. The van der Waals surface area contributed by atoms with Crippen molar-refractivity contribution in [1.29, 1.82) is 0 Å². The zero-order chi connectivity index (χ0) is 30.4. The molecule has 0 aliphatic heterocycles. The third kappa shape index (κ3) is 8.71. The van der Waals surface area contributed by atoms with Gasteiger partial charge in [0.1, 0.15) is 18.3 Å². The predicted octanol–water partition coefficient (Wildman–Crippen LogP) is 5.57. The minimum absolute atomic E-state index is 0.0487. The second kappa shape index (κ2) is 13.4. The van der Waals surface area contributed by atoms with Crippen molar-refractivity contribution in [1.82, 2.24) is 10.2 Å². The van der Waals surface area contributed by atoms with E-state index in [1.807, 2.05) is 34.6 Å². The summed E-state index contributed by atoms with van der Waals surface area (Å²) in [5.74, 6) is -0.318. The van der Waals surface area contributed by atoms with Crippen LogP contribution in [0.25, 0.3) is 0 Å². The molecule has 0 saturated carbocycles. The number of aryl methyl sites for hydroxylation is 1. The molecule has 1 atom stereocenters. The van der Waals surface area contributed by atoms with Crippen LogP contribution in [-0.2, 0) is 26.2 Å². The lowest BCUT2D eigenvalue weighted by molar-refractivity contribution is -0.140. The molecule has 0 bridgehead atoms. The highest BCUT2D eigenvalue weighted by Gasteiger charge is 2.33. The first-order valence-electron chi connectivity index (χ1n) is 13.4. The SMILES string of the molecule is CCOc1ccc(N(CC(=O)N(Cc2ccc(Cl)cc2)[C@@H](C)C(=O)NC(C)(C)C)S(=O)(=O)c2ccc(C)cc2)cc1. The first kappa shape index (κ1) is 32.0. The van der Waals surface area contributed by atoms with Gasteiger partial charge in [0, 0.05) is 17.1 Å². The van der Waals surface area contributed by atoms with Crippen LogP contribution in [0.3, 0.4) is 0 Å². The lowest BCUT2D eigenvalue weighted by atomic mass is 10.1. The molecule has 2 amide bonds. The largest absolute Gasteiger partial charge is 0.494 e. The summed E-state index contributed by atoms with van der Waals surface area (Å²) >= 11 is 6.06. The summed E-state index contributed by atoms with van der Waals surface area (Å²) in [6.45, 7) is 10.9. The van der Waals surface area contributed by atoms with Crippen molar-refractivity contribution in [3.63, 3.8) is 0 Å². The minimum Gasteiger partial charge on any atom is -0.494 e. The van der Waals surface area contributed by atoms with Crippen LogP contribution in [0.1, 0.15) is 45.7 Å². The van der Waals surface area contributed by atoms with Crippen LogP contribution in [0.15, 0.2) is 77.7 Å². The zero-order valence-electron chi connectivity index (χ0n) is 24.3. The van der Waals surface area contributed by atoms with Gasteiger partial charge in [-0.05, 0) is 95.6 Å². The summed E-state index contributed by atoms with van der Waals surface area (Å²) < 4.78 is 34.4. The third-order valence-electron chi connectivity index (χ3n) is 6.26. The number of benzene rings is 3. The van der Waals surface area contributed by atoms with Gasteiger partial charge < -0.3 is 15.0 Å². The molecule has 10 heteroatoms. The number of hydrogen-bond acceptors (Lipinski definition) is 5. The number of anilines is 1. The van der Waals surface area contributed by atoms with Gasteiger partial charge in [0.25, 0.3) is 10.0 Å². The molecule has 0 aliphatic rings. The molecule has 0 spiro atoms. The van der Waals surface area contributed by atoms with E-state index in [1.54, 1.807) is 67.6 Å². The van der Waals surface area contributed by atoms with Gasteiger partial charge in [-0.15, -0.1) is 0 Å². The molecule has 220 valence electrons. The number of amides is 2. The van der Waals surface area contributed by atoms with E-state index in [1.165, 1.54) is 17.0 Å². The molecular weight excluding hydrogens is 562 g/mol. The van der Waals surface area contributed by atoms with Crippen LogP contribution in [0.4, 0.5) is 5.69 Å². The van der Waals surface area contributed by atoms with Crippen molar-refractivity contribution < 1.29 is 22.7 Å². The van der Waals surface area contributed by atoms with E-state index in [4.69, 9.17) is 16.3 Å². The van der Waals surface area contributed by atoms with E-state index in [9.17, 15) is 18.0 Å². The molecule has 0 saturated heterocycles. The van der Waals surface area contributed by atoms with Crippen molar-refractivity contribution in [3.05, 3.63) is 88.9 Å². The quantitative estimate of drug-likeness (QED) is 0.311. The van der Waals surface area contributed by atoms with Crippen molar-refractivity contribution in [2.45, 2.75) is 64.6 Å². The molecule has 1 N–H and O–H groups in total. The highest BCUT2D eigenvalue weighted by molar-refractivity contribution is 7.92. The van der Waals surface area contributed by atoms with Gasteiger partial charge >= 0.3 is 0 Å². The summed E-state index contributed by atoms with van der Waals surface area (Å²) in [7, 11) is -4.15. The van der Waals surface area contributed by atoms with Gasteiger partial charge in [-0.2, -0.15) is 0 Å². The van der Waals surface area contributed by atoms with Gasteiger partial charge in [0.15, 0.2) is 0 Å². The van der Waals surface area contributed by atoms with Crippen LogP contribution < -0.4 is 14.4 Å². The van der Waals surface area contributed by atoms with E-state index >= 15 is 0 Å². The Morgan fingerprint density at radius 1 is 0.951 bits per heavy atom. The summed E-state index contributed by atoms with van der Waals surface area (Å²) in [6, 6.07) is 19.0. The molecule has 8 nitrogen and oxygen atoms in total. The number of rotatable bonds is 11. The Morgan fingerprint density at radius 2 is 1.54 bits per heavy atom. The Hall–Kier alpha value is -3.56. The van der Waals surface area contributed by atoms with E-state index < -0.39 is 34.1 Å². The van der Waals surface area contributed by atoms with Crippen LogP contribution in [0.5, 0.6) is 5.75 Å². The lowest BCUT2D eigenvalue weighted by Crippen LogP contribution is -2.54. The van der Waals surface area contributed by atoms with E-state index in [0.29, 0.717) is 23.1 Å². The summed E-state index contributed by atoms with van der Waals surface area (Å²) in [6.07, 6.45) is 0. The fourth-order valence-electron chi connectivity index (χ4n) is 4.08. The van der Waals surface area contributed by atoms with E-state index in [-0.39, 0.29) is 17.3 Å². The number of ether oxygens (including phenoxy) is 1. The molecule has 3 aromatic carbocycles. The van der Waals surface area contributed by atoms with Gasteiger partial charge in [0.2, 0.25) is 11.8 Å². The highest BCUT2D eigenvalue weighted by Crippen LogP contribution is 2.27. The lowest BCUT2D eigenvalue weighted by Gasteiger charge is -2.33. The average Bonchev–Trinajstić information content (AvgIpc) is 2.91. The molecule has 0 heterocycles. The number of carbonyl (C=O) groups excluding carboxylic acids is 2. The Kier molecular flexibility index (Phi) is 10.4. The van der Waals surface area contributed by atoms with Crippen LogP contribution in [-0.4, -0.2) is 49.9 Å². The number of sulfonamides is 1. The van der Waals surface area contributed by atoms with Crippen LogP contribution >= 0.6 is 11.6 Å². The maximum absolute atomic E-state index is 14.0. The fourth-order valence-corrected chi connectivity index (χ4v) is 5.62. The highest BCUT2D eigenvalue weighted by atomic mass is 35.5. The molecule has 0 unspecified atom stereocenters. The van der Waals surface area contributed by atoms with E-state index in [0.717, 1.165) is 15.4 Å². The first-order chi connectivity index (χ1) is 19.2. The molecule has 3 aromatic rings. The molecule has 0 aromatic heterocycles. The molecular formula is C31H38ClN3O5S. The molecule has 41 heavy (non-hydrogen) atoms. The predicted molar refractivity (Wildman–Crippen MR) is 163 cm³/mol. The molecule has 3 rings (SSSR count). The first-order valence-corrected chi connectivity index (χ1v) is 15.2. The Balaban J connectivity index is 2.03. The second-order valence-corrected chi connectivity index (χ2v) is 13.1. The standard InChI is InChI=1S/C31H38ClN3O5S/c1-7-40-27-16-14-26(15-17-27)35(41(38,39)28-18-8-22(2)9-19-28)21-29(36)34(20-24-10-12-25(32)13-11-24)23(3)30(37)33-31(4,5)6/h8-19,23H,7,20-21H2,1-6H3,(H,33,37)/t23-/m0/s1. The number of nitrogens with zero attached hydrogens (tertiary/aromatic N) is 2. The fraction of sp³-hybridized carbons (Fsp3) is 0.355. The Bertz CT molecular complexity index is 1440. The number of carbonyl (C=O) groups is 2. The summed E-state index contributed by atoms with van der Waals surface area (Å²) in [4.78, 5) is 28.6. The number of halogens is 1. The number of nitrogens with one attached hydrogen (secondary N) is 1. The summed E-state index contributed by atoms with van der Waals surface area (Å²) in [5.41, 5.74) is 1.41. The van der Waals surface area contributed by atoms with Crippen molar-refractivity contribution >= 4 is 39.1 Å². The maximum Gasteiger partial charge on any atom is 0.264 e. The summed E-state index contributed by atoms with van der Waals surface area (Å²) in [5, 5.41) is 3.45. The van der Waals surface area contributed by atoms with Crippen LogP contribution in [0, 0.1) is 6.92 Å². The monoisotopic (exact) mass is 599 g/mol. The van der Waals surface area contributed by atoms with Crippen LogP contribution in [0.2, 0.25) is 5.02 Å². The third-order valence-corrected chi connectivity index (χ3v) is 8.30. The normalized spacial score (nSPS) is 12.4. The zero-order valence-corrected chi connectivity index (χ0v) is 25.9. The van der Waals surface area contributed by atoms with Crippen molar-refractivity contribution in [3.8, 4) is 5.75 Å². The van der Waals surface area contributed by atoms with E-state index in [2.05, 4.69) is 5.32 Å². The number of hydrogen-bond donors (Lipinski definition) is 1. The Morgan fingerprint density at radius 3 is 2.07 bits per heavy atom. The van der Waals surface area contributed by atoms with Gasteiger partial charge in [-0.1, -0.05) is 41.4 Å². The maximum atomic E-state index is 14.0. The van der Waals surface area contributed by atoms with Crippen molar-refractivity contribution in [2.24, 2.45) is 0 Å². The Labute approximate surface area is 248 Å². The smallest absolute Gasteiger partial charge is 0.264 e. The molecule has 0 fully saturated rings. The second-order valence-electron chi connectivity index (χ2n) is 10.8. The topological polar surface area (TPSA) is 96.0 Å².